The predicted molar refractivity (Wildman–Crippen MR) is 45.7 cm³/mol. The molecular formula is C10H11O. The molecule has 0 heterocycles. The third kappa shape index (κ3) is 2.46. The van der Waals surface area contributed by atoms with E-state index in [-0.39, 0.29) is 0 Å². The summed E-state index contributed by atoms with van der Waals surface area (Å²) in [6.07, 6.45) is 1.72. The molecule has 0 aromatic heterocycles. The number of benzene rings is 1. The van der Waals surface area contributed by atoms with Gasteiger partial charge in [0.2, 0.25) is 0 Å². The maximum absolute atomic E-state index is 5.26. The molecule has 0 aliphatic rings. The maximum Gasteiger partial charge on any atom is 0.128 e. The van der Waals surface area contributed by atoms with Gasteiger partial charge in [0.05, 0.1) is 0 Å². The summed E-state index contributed by atoms with van der Waals surface area (Å²) in [5.41, 5.74) is 1.09. The highest BCUT2D eigenvalue weighted by molar-refractivity contribution is 5.25. The number of rotatable bonds is 3. The van der Waals surface area contributed by atoms with E-state index < -0.39 is 0 Å². The lowest BCUT2D eigenvalue weighted by Crippen LogP contribution is -1.92. The first-order valence-corrected chi connectivity index (χ1v) is 3.55. The largest absolute Gasteiger partial charge is 0.489 e. The highest BCUT2D eigenvalue weighted by Crippen LogP contribution is 2.10. The van der Waals surface area contributed by atoms with Gasteiger partial charge < -0.3 is 4.74 Å². The topological polar surface area (TPSA) is 9.23 Å². The van der Waals surface area contributed by atoms with Crippen molar-refractivity contribution in [3.8, 4) is 5.75 Å². The van der Waals surface area contributed by atoms with E-state index in [2.05, 4.69) is 12.6 Å². The fraction of sp³-hybridized carbons (Fsp3) is 0.200. The zero-order valence-corrected chi connectivity index (χ0v) is 6.63. The van der Waals surface area contributed by atoms with Gasteiger partial charge in [-0.15, -0.1) is 0 Å². The van der Waals surface area contributed by atoms with Crippen molar-refractivity contribution in [2.75, 3.05) is 6.61 Å². The van der Waals surface area contributed by atoms with E-state index in [0.717, 1.165) is 11.3 Å². The van der Waals surface area contributed by atoms with Crippen molar-refractivity contribution in [3.63, 3.8) is 0 Å². The number of aryl methyl sites for hydroxylation is 1. The summed E-state index contributed by atoms with van der Waals surface area (Å²) >= 11 is 0. The number of ether oxygens (including phenoxy) is 1. The quantitative estimate of drug-likeness (QED) is 0.596. The second kappa shape index (κ2) is 3.81. The Morgan fingerprint density at radius 2 is 2.45 bits per heavy atom. The molecule has 1 radical (unpaired) electrons. The molecule has 1 nitrogen and oxygen atoms in total. The van der Waals surface area contributed by atoms with Gasteiger partial charge in [0, 0.05) is 6.07 Å². The molecule has 0 amide bonds. The summed E-state index contributed by atoms with van der Waals surface area (Å²) in [7, 11) is 0. The molecule has 0 bridgehead atoms. The first kappa shape index (κ1) is 7.86. The molecule has 0 saturated carbocycles. The van der Waals surface area contributed by atoms with Crippen LogP contribution in [-0.2, 0) is 0 Å². The van der Waals surface area contributed by atoms with Gasteiger partial charge in [-0.2, -0.15) is 0 Å². The standard InChI is InChI=1S/C10H11O/c1-3-7-11-10-6-4-5-9(2)8-10/h3-6H,1,7H2,2H3. The normalized spacial score (nSPS) is 9.18. The minimum atomic E-state index is 0.542. The van der Waals surface area contributed by atoms with E-state index in [0.29, 0.717) is 6.61 Å². The zero-order valence-electron chi connectivity index (χ0n) is 6.63. The van der Waals surface area contributed by atoms with E-state index in [1.54, 1.807) is 6.08 Å². The second-order valence-corrected chi connectivity index (χ2v) is 2.30. The van der Waals surface area contributed by atoms with Gasteiger partial charge in [0.1, 0.15) is 12.4 Å². The van der Waals surface area contributed by atoms with Gasteiger partial charge in [-0.3, -0.25) is 0 Å². The molecule has 0 aliphatic heterocycles. The monoisotopic (exact) mass is 147 g/mol. The first-order chi connectivity index (χ1) is 5.33. The van der Waals surface area contributed by atoms with Crippen LogP contribution in [0.5, 0.6) is 5.75 Å². The van der Waals surface area contributed by atoms with E-state index in [4.69, 9.17) is 4.74 Å². The minimum Gasteiger partial charge on any atom is -0.489 e. The summed E-state index contributed by atoms with van der Waals surface area (Å²) in [4.78, 5) is 0. The Morgan fingerprint density at radius 1 is 1.64 bits per heavy atom. The van der Waals surface area contributed by atoms with Crippen LogP contribution in [0.25, 0.3) is 0 Å². The lowest BCUT2D eigenvalue weighted by Gasteiger charge is -2.01. The summed E-state index contributed by atoms with van der Waals surface area (Å²) in [5.74, 6) is 0.782. The van der Waals surface area contributed by atoms with Crippen molar-refractivity contribution in [3.05, 3.63) is 42.5 Å². The lowest BCUT2D eigenvalue weighted by atomic mass is 10.2. The van der Waals surface area contributed by atoms with Crippen LogP contribution >= 0.6 is 0 Å². The lowest BCUT2D eigenvalue weighted by molar-refractivity contribution is 0.362. The minimum absolute atomic E-state index is 0.542. The van der Waals surface area contributed by atoms with Gasteiger partial charge in [0.15, 0.2) is 0 Å². The van der Waals surface area contributed by atoms with Crippen molar-refractivity contribution < 1.29 is 4.74 Å². The summed E-state index contributed by atoms with van der Waals surface area (Å²) in [6.45, 7) is 6.09. The molecule has 0 aliphatic carbocycles. The average molecular weight is 147 g/mol. The Labute approximate surface area is 67.3 Å². The van der Waals surface area contributed by atoms with Gasteiger partial charge >= 0.3 is 0 Å². The molecule has 11 heavy (non-hydrogen) atoms. The van der Waals surface area contributed by atoms with Gasteiger partial charge in [-0.25, -0.2) is 0 Å². The molecule has 0 atom stereocenters. The summed E-state index contributed by atoms with van der Waals surface area (Å²) in [6, 6.07) is 8.89. The highest BCUT2D eigenvalue weighted by Gasteiger charge is 1.90. The van der Waals surface area contributed by atoms with Crippen LogP contribution in [0, 0.1) is 13.0 Å². The Bertz CT molecular complexity index is 240. The Morgan fingerprint density at radius 3 is 3.09 bits per heavy atom. The van der Waals surface area contributed by atoms with Crippen LogP contribution in [0.1, 0.15) is 5.56 Å². The number of hydrogen-bond acceptors (Lipinski definition) is 1. The van der Waals surface area contributed by atoms with Gasteiger partial charge in [0.25, 0.3) is 0 Å². The Balaban J connectivity index is 2.63. The second-order valence-electron chi connectivity index (χ2n) is 2.30. The third-order valence-electron chi connectivity index (χ3n) is 1.27. The molecule has 1 aromatic carbocycles. The Hall–Kier alpha value is -1.24. The van der Waals surface area contributed by atoms with E-state index in [1.807, 2.05) is 25.1 Å². The molecule has 1 rings (SSSR count). The maximum atomic E-state index is 5.26. The van der Waals surface area contributed by atoms with Crippen LogP contribution in [-0.4, -0.2) is 6.61 Å². The van der Waals surface area contributed by atoms with Gasteiger partial charge in [-0.1, -0.05) is 24.8 Å². The van der Waals surface area contributed by atoms with Crippen molar-refractivity contribution in [2.24, 2.45) is 0 Å². The van der Waals surface area contributed by atoms with Crippen LogP contribution in [0.4, 0.5) is 0 Å². The predicted octanol–water partition coefficient (Wildman–Crippen LogP) is 2.36. The van der Waals surface area contributed by atoms with Crippen molar-refractivity contribution in [1.82, 2.24) is 0 Å². The smallest absolute Gasteiger partial charge is 0.128 e. The molecule has 0 saturated heterocycles. The van der Waals surface area contributed by atoms with Crippen molar-refractivity contribution in [2.45, 2.75) is 6.92 Å². The molecule has 0 unspecified atom stereocenters. The molecule has 0 spiro atoms. The first-order valence-electron chi connectivity index (χ1n) is 3.55. The molecule has 1 heteroatoms. The SMILES string of the molecule is C=CCOc1[c]c(C)ccc1. The number of hydrogen-bond donors (Lipinski definition) is 0. The molecule has 0 N–H and O–H groups in total. The average Bonchev–Trinajstić information content (AvgIpc) is 2.01. The van der Waals surface area contributed by atoms with Crippen molar-refractivity contribution in [1.29, 1.82) is 0 Å². The van der Waals surface area contributed by atoms with Gasteiger partial charge in [-0.05, 0) is 18.6 Å². The zero-order chi connectivity index (χ0) is 8.10. The fourth-order valence-corrected chi connectivity index (χ4v) is 0.790. The fourth-order valence-electron chi connectivity index (χ4n) is 0.790. The summed E-state index contributed by atoms with van der Waals surface area (Å²) < 4.78 is 5.26. The molecular weight excluding hydrogens is 136 g/mol. The van der Waals surface area contributed by atoms with Crippen LogP contribution in [0.2, 0.25) is 0 Å². The van der Waals surface area contributed by atoms with E-state index >= 15 is 0 Å². The summed E-state index contributed by atoms with van der Waals surface area (Å²) in [5, 5.41) is 0. The van der Waals surface area contributed by atoms with E-state index in [1.165, 1.54) is 0 Å². The molecule has 0 fully saturated rings. The Kier molecular flexibility index (Phi) is 2.73. The van der Waals surface area contributed by atoms with E-state index in [9.17, 15) is 0 Å². The molecule has 57 valence electrons. The highest BCUT2D eigenvalue weighted by atomic mass is 16.5. The van der Waals surface area contributed by atoms with Crippen molar-refractivity contribution >= 4 is 0 Å². The van der Waals surface area contributed by atoms with Crippen LogP contribution in [0.3, 0.4) is 0 Å². The third-order valence-corrected chi connectivity index (χ3v) is 1.27. The molecule has 1 aromatic rings. The van der Waals surface area contributed by atoms with Crippen LogP contribution in [0.15, 0.2) is 30.9 Å². The van der Waals surface area contributed by atoms with Crippen LogP contribution < -0.4 is 4.74 Å².